The number of nitriles is 1. The van der Waals surface area contributed by atoms with E-state index >= 15 is 0 Å². The van der Waals surface area contributed by atoms with E-state index in [4.69, 9.17) is 5.26 Å². The van der Waals surface area contributed by atoms with Crippen LogP contribution >= 0.6 is 0 Å². The molecule has 1 saturated heterocycles. The molecule has 1 aliphatic rings. The average Bonchev–Trinajstić information content (AvgIpc) is 3.15. The van der Waals surface area contributed by atoms with Crippen molar-refractivity contribution < 1.29 is 4.79 Å². The number of hydrogen-bond acceptors (Lipinski definition) is 5. The molecule has 1 fully saturated rings. The van der Waals surface area contributed by atoms with E-state index in [1.165, 1.54) is 0 Å². The third-order valence-corrected chi connectivity index (χ3v) is 4.45. The molecule has 3 heterocycles. The molecule has 3 rings (SSSR count). The van der Waals surface area contributed by atoms with Gasteiger partial charge in [0.2, 0.25) is 5.91 Å². The van der Waals surface area contributed by atoms with Crippen LogP contribution in [0.15, 0.2) is 30.7 Å². The van der Waals surface area contributed by atoms with Crippen molar-refractivity contribution in [2.24, 2.45) is 13.0 Å². The van der Waals surface area contributed by atoms with Crippen molar-refractivity contribution in [2.45, 2.75) is 19.4 Å². The van der Waals surface area contributed by atoms with Gasteiger partial charge in [-0.05, 0) is 19.1 Å². The second kappa shape index (κ2) is 6.71. The molecule has 2 aromatic heterocycles. The van der Waals surface area contributed by atoms with Gasteiger partial charge in [0.1, 0.15) is 17.6 Å². The maximum atomic E-state index is 12.3. The Kier molecular flexibility index (Phi) is 4.47. The Morgan fingerprint density at radius 1 is 1.42 bits per heavy atom. The number of carbonyl (C=O) groups is 1. The van der Waals surface area contributed by atoms with Crippen LogP contribution in [-0.4, -0.2) is 38.4 Å². The molecule has 7 heteroatoms. The van der Waals surface area contributed by atoms with E-state index in [9.17, 15) is 4.79 Å². The lowest BCUT2D eigenvalue weighted by atomic mass is 9.99. The Morgan fingerprint density at radius 2 is 2.25 bits per heavy atom. The lowest BCUT2D eigenvalue weighted by Crippen LogP contribution is -2.31. The predicted octanol–water partition coefficient (Wildman–Crippen LogP) is 1.71. The van der Waals surface area contributed by atoms with Gasteiger partial charge in [0.05, 0.1) is 17.9 Å². The first kappa shape index (κ1) is 16.0. The van der Waals surface area contributed by atoms with E-state index in [1.807, 2.05) is 41.8 Å². The molecular formula is C17H20N6O. The van der Waals surface area contributed by atoms with Crippen LogP contribution in [-0.2, 0) is 11.8 Å². The Hall–Kier alpha value is -2.88. The van der Waals surface area contributed by atoms with Crippen molar-refractivity contribution >= 4 is 11.6 Å². The monoisotopic (exact) mass is 324 g/mol. The van der Waals surface area contributed by atoms with E-state index in [2.05, 4.69) is 15.3 Å². The van der Waals surface area contributed by atoms with E-state index in [0.717, 1.165) is 11.5 Å². The van der Waals surface area contributed by atoms with Crippen molar-refractivity contribution in [3.63, 3.8) is 0 Å². The highest BCUT2D eigenvalue weighted by Crippen LogP contribution is 2.37. The fourth-order valence-corrected chi connectivity index (χ4v) is 3.25. The van der Waals surface area contributed by atoms with Gasteiger partial charge in [-0.25, -0.2) is 9.97 Å². The number of aryl methyl sites for hydroxylation is 1. The molecular weight excluding hydrogens is 304 g/mol. The van der Waals surface area contributed by atoms with E-state index in [1.54, 1.807) is 18.5 Å². The third kappa shape index (κ3) is 2.95. The molecule has 7 nitrogen and oxygen atoms in total. The van der Waals surface area contributed by atoms with Crippen LogP contribution in [0.4, 0.5) is 5.69 Å². The quantitative estimate of drug-likeness (QED) is 0.904. The van der Waals surface area contributed by atoms with Gasteiger partial charge in [-0.3, -0.25) is 4.79 Å². The molecule has 0 saturated carbocycles. The van der Waals surface area contributed by atoms with Gasteiger partial charge >= 0.3 is 0 Å². The van der Waals surface area contributed by atoms with Gasteiger partial charge < -0.3 is 14.8 Å². The third-order valence-electron chi connectivity index (χ3n) is 4.45. The second-order valence-electron chi connectivity index (χ2n) is 5.91. The summed E-state index contributed by atoms with van der Waals surface area (Å²) >= 11 is 0. The molecule has 0 aliphatic carbocycles. The minimum atomic E-state index is -0.0265. The number of amides is 1. The van der Waals surface area contributed by atoms with Gasteiger partial charge in [-0.1, -0.05) is 0 Å². The number of imidazole rings is 1. The van der Waals surface area contributed by atoms with Gasteiger partial charge in [0, 0.05) is 44.9 Å². The Bertz CT molecular complexity index is 760. The summed E-state index contributed by atoms with van der Waals surface area (Å²) in [5, 5.41) is 12.1. The summed E-state index contributed by atoms with van der Waals surface area (Å²) in [5.41, 5.74) is 1.23. The zero-order valence-corrected chi connectivity index (χ0v) is 13.8. The molecule has 0 radical (unpaired) electrons. The fraction of sp³-hybridized carbons (Fsp3) is 0.412. The minimum absolute atomic E-state index is 0.0265. The molecule has 0 aromatic carbocycles. The Morgan fingerprint density at radius 3 is 2.83 bits per heavy atom. The minimum Gasteiger partial charge on any atom is -0.383 e. The summed E-state index contributed by atoms with van der Waals surface area (Å²) < 4.78 is 1.97. The summed E-state index contributed by atoms with van der Waals surface area (Å²) in [4.78, 5) is 22.7. The molecule has 1 aliphatic heterocycles. The second-order valence-corrected chi connectivity index (χ2v) is 5.91. The smallest absolute Gasteiger partial charge is 0.223 e. The largest absolute Gasteiger partial charge is 0.383 e. The SMILES string of the molecule is CCN1C(=O)C[C@@H](CNc2ccc(C#N)nc2)[C@@H]1c1nccn1C. The summed E-state index contributed by atoms with van der Waals surface area (Å²) in [6.07, 6.45) is 5.81. The van der Waals surface area contributed by atoms with Gasteiger partial charge in [-0.15, -0.1) is 0 Å². The predicted molar refractivity (Wildman–Crippen MR) is 88.9 cm³/mol. The zero-order chi connectivity index (χ0) is 17.1. The highest BCUT2D eigenvalue weighted by atomic mass is 16.2. The van der Waals surface area contributed by atoms with Crippen LogP contribution in [0.2, 0.25) is 0 Å². The first-order valence-corrected chi connectivity index (χ1v) is 8.00. The standard InChI is InChI=1S/C17H20N6O/c1-3-23-15(24)8-12(16(23)17-19-6-7-22(17)2)10-20-14-5-4-13(9-18)21-11-14/h4-7,11-12,16,20H,3,8,10H2,1-2H3/t12-,16+/m0/s1. The zero-order valence-electron chi connectivity index (χ0n) is 13.8. The van der Waals surface area contributed by atoms with Crippen LogP contribution in [0, 0.1) is 17.2 Å². The summed E-state index contributed by atoms with van der Waals surface area (Å²) in [5.74, 6) is 1.21. The summed E-state index contributed by atoms with van der Waals surface area (Å²) in [6, 6.07) is 5.48. The molecule has 1 N–H and O–H groups in total. The van der Waals surface area contributed by atoms with Crippen molar-refractivity contribution in [1.29, 1.82) is 5.26 Å². The number of nitrogens with zero attached hydrogens (tertiary/aromatic N) is 5. The van der Waals surface area contributed by atoms with Gasteiger partial charge in [0.15, 0.2) is 0 Å². The van der Waals surface area contributed by atoms with Crippen molar-refractivity contribution in [3.8, 4) is 6.07 Å². The maximum Gasteiger partial charge on any atom is 0.223 e. The number of hydrogen-bond donors (Lipinski definition) is 1. The van der Waals surface area contributed by atoms with E-state index < -0.39 is 0 Å². The number of pyridine rings is 1. The summed E-state index contributed by atoms with van der Waals surface area (Å²) in [7, 11) is 1.95. The molecule has 0 spiro atoms. The van der Waals surface area contributed by atoms with Gasteiger partial charge in [0.25, 0.3) is 0 Å². The average molecular weight is 324 g/mol. The molecule has 1 amide bonds. The van der Waals surface area contributed by atoms with Crippen LogP contribution in [0.3, 0.4) is 0 Å². The lowest BCUT2D eigenvalue weighted by Gasteiger charge is -2.27. The Labute approximate surface area is 140 Å². The number of rotatable bonds is 5. The maximum absolute atomic E-state index is 12.3. The van der Waals surface area contributed by atoms with E-state index in [0.29, 0.717) is 25.2 Å². The van der Waals surface area contributed by atoms with Crippen molar-refractivity contribution in [1.82, 2.24) is 19.4 Å². The number of anilines is 1. The van der Waals surface area contributed by atoms with Crippen LogP contribution in [0.25, 0.3) is 0 Å². The topological polar surface area (TPSA) is 86.8 Å². The normalized spacial score (nSPS) is 20.2. The molecule has 0 bridgehead atoms. The Balaban J connectivity index is 1.76. The molecule has 2 aromatic rings. The van der Waals surface area contributed by atoms with E-state index in [-0.39, 0.29) is 17.9 Å². The molecule has 2 atom stereocenters. The highest BCUT2D eigenvalue weighted by molar-refractivity contribution is 5.79. The number of aromatic nitrogens is 3. The van der Waals surface area contributed by atoms with Gasteiger partial charge in [-0.2, -0.15) is 5.26 Å². The fourth-order valence-electron chi connectivity index (χ4n) is 3.25. The first-order valence-electron chi connectivity index (χ1n) is 8.00. The first-order chi connectivity index (χ1) is 11.6. The van der Waals surface area contributed by atoms with Crippen molar-refractivity contribution in [3.05, 3.63) is 42.2 Å². The molecule has 124 valence electrons. The number of carbonyl (C=O) groups excluding carboxylic acids is 1. The summed E-state index contributed by atoms with van der Waals surface area (Å²) in [6.45, 7) is 3.31. The molecule has 0 unspecified atom stereocenters. The van der Waals surface area contributed by atoms with Crippen LogP contribution in [0.5, 0.6) is 0 Å². The van der Waals surface area contributed by atoms with Crippen LogP contribution < -0.4 is 5.32 Å². The highest BCUT2D eigenvalue weighted by Gasteiger charge is 2.41. The molecule has 24 heavy (non-hydrogen) atoms. The van der Waals surface area contributed by atoms with Crippen LogP contribution in [0.1, 0.15) is 30.9 Å². The number of nitrogens with one attached hydrogen (secondary N) is 1. The number of likely N-dealkylation sites (tertiary alicyclic amines) is 1. The van der Waals surface area contributed by atoms with Crippen molar-refractivity contribution in [2.75, 3.05) is 18.4 Å². The lowest BCUT2D eigenvalue weighted by molar-refractivity contribution is -0.128.